The SMILES string of the molecule is CC(O)(C#Cc1ccc(N2CCOCC2)c(Nc2ncnc3[nH]ccc23)c1)c1nccs1. The lowest BCUT2D eigenvalue weighted by Crippen LogP contribution is -2.36. The fraction of sp³-hybridized carbons (Fsp3) is 0.261. The molecular weight excluding hydrogens is 424 g/mol. The number of hydrogen-bond donors (Lipinski definition) is 3. The first-order chi connectivity index (χ1) is 15.6. The first-order valence-electron chi connectivity index (χ1n) is 10.3. The van der Waals surface area contributed by atoms with Crippen molar-refractivity contribution in [1.82, 2.24) is 19.9 Å². The van der Waals surface area contributed by atoms with Crippen molar-refractivity contribution in [2.75, 3.05) is 36.5 Å². The van der Waals surface area contributed by atoms with Gasteiger partial charge in [0.1, 0.15) is 22.8 Å². The summed E-state index contributed by atoms with van der Waals surface area (Å²) in [5.41, 5.74) is 2.17. The Kier molecular flexibility index (Phi) is 5.49. The minimum absolute atomic E-state index is 0.573. The van der Waals surface area contributed by atoms with E-state index >= 15 is 0 Å². The smallest absolute Gasteiger partial charge is 0.174 e. The monoisotopic (exact) mass is 446 g/mol. The Morgan fingerprint density at radius 3 is 2.91 bits per heavy atom. The van der Waals surface area contributed by atoms with Gasteiger partial charge in [0.2, 0.25) is 0 Å². The number of morpholine rings is 1. The molecule has 1 aromatic carbocycles. The lowest BCUT2D eigenvalue weighted by atomic mass is 10.1. The summed E-state index contributed by atoms with van der Waals surface area (Å²) in [4.78, 5) is 18.3. The van der Waals surface area contributed by atoms with Crippen LogP contribution in [0, 0.1) is 11.8 Å². The highest BCUT2D eigenvalue weighted by molar-refractivity contribution is 7.09. The van der Waals surface area contributed by atoms with Crippen LogP contribution in [-0.2, 0) is 10.3 Å². The summed E-state index contributed by atoms with van der Waals surface area (Å²) in [6.45, 7) is 4.65. The fourth-order valence-corrected chi connectivity index (χ4v) is 4.26. The van der Waals surface area contributed by atoms with Crippen LogP contribution in [0.4, 0.5) is 17.2 Å². The van der Waals surface area contributed by atoms with Crippen molar-refractivity contribution < 1.29 is 9.84 Å². The Balaban J connectivity index is 1.52. The van der Waals surface area contributed by atoms with E-state index < -0.39 is 5.60 Å². The molecule has 9 heteroatoms. The molecule has 3 N–H and O–H groups in total. The maximum atomic E-state index is 10.7. The lowest BCUT2D eigenvalue weighted by molar-refractivity contribution is 0.121. The highest BCUT2D eigenvalue weighted by Crippen LogP contribution is 2.32. The number of benzene rings is 1. The number of thiazole rings is 1. The number of aliphatic hydroxyl groups is 1. The van der Waals surface area contributed by atoms with E-state index in [1.165, 1.54) is 17.7 Å². The van der Waals surface area contributed by atoms with E-state index in [1.54, 1.807) is 13.1 Å². The van der Waals surface area contributed by atoms with E-state index in [4.69, 9.17) is 4.74 Å². The highest BCUT2D eigenvalue weighted by atomic mass is 32.1. The number of H-pyrrole nitrogens is 1. The van der Waals surface area contributed by atoms with Crippen molar-refractivity contribution >= 4 is 39.6 Å². The van der Waals surface area contributed by atoms with Crippen LogP contribution >= 0.6 is 11.3 Å². The van der Waals surface area contributed by atoms with Crippen molar-refractivity contribution in [3.05, 3.63) is 58.9 Å². The molecule has 3 aromatic heterocycles. The van der Waals surface area contributed by atoms with Gasteiger partial charge in [0.05, 0.1) is 30.0 Å². The molecule has 162 valence electrons. The molecule has 4 aromatic rings. The van der Waals surface area contributed by atoms with Crippen LogP contribution in [-0.4, -0.2) is 51.3 Å². The third kappa shape index (κ3) is 4.16. The number of fused-ring (bicyclic) bond motifs is 1. The van der Waals surface area contributed by atoms with Crippen LogP contribution in [0.25, 0.3) is 11.0 Å². The predicted molar refractivity (Wildman–Crippen MR) is 125 cm³/mol. The topological polar surface area (TPSA) is 99.2 Å². The number of nitrogens with zero attached hydrogens (tertiary/aromatic N) is 4. The third-order valence-electron chi connectivity index (χ3n) is 5.25. The molecule has 1 unspecified atom stereocenters. The Hall–Kier alpha value is -3.45. The minimum Gasteiger partial charge on any atom is -0.378 e. The van der Waals surface area contributed by atoms with E-state index in [0.29, 0.717) is 24.0 Å². The van der Waals surface area contributed by atoms with Gasteiger partial charge >= 0.3 is 0 Å². The molecule has 32 heavy (non-hydrogen) atoms. The first kappa shape index (κ1) is 20.5. The van der Waals surface area contributed by atoms with Gasteiger partial charge < -0.3 is 25.0 Å². The summed E-state index contributed by atoms with van der Waals surface area (Å²) in [5.74, 6) is 6.77. The van der Waals surface area contributed by atoms with Gasteiger partial charge in [-0.1, -0.05) is 11.8 Å². The van der Waals surface area contributed by atoms with Gasteiger partial charge in [-0.3, -0.25) is 0 Å². The van der Waals surface area contributed by atoms with Crippen LogP contribution in [0.2, 0.25) is 0 Å². The van der Waals surface area contributed by atoms with Crippen molar-refractivity contribution in [1.29, 1.82) is 0 Å². The van der Waals surface area contributed by atoms with Crippen LogP contribution in [0.5, 0.6) is 0 Å². The molecule has 0 radical (unpaired) electrons. The molecule has 0 saturated carbocycles. The zero-order valence-electron chi connectivity index (χ0n) is 17.5. The normalized spacial score (nSPS) is 15.8. The molecule has 1 aliphatic rings. The van der Waals surface area contributed by atoms with E-state index in [1.807, 2.05) is 35.8 Å². The van der Waals surface area contributed by atoms with Crippen molar-refractivity contribution in [2.45, 2.75) is 12.5 Å². The van der Waals surface area contributed by atoms with E-state index in [-0.39, 0.29) is 0 Å². The average molecular weight is 447 g/mol. The van der Waals surface area contributed by atoms with Crippen LogP contribution in [0.3, 0.4) is 0 Å². The third-order valence-corrected chi connectivity index (χ3v) is 6.24. The second-order valence-electron chi connectivity index (χ2n) is 7.58. The van der Waals surface area contributed by atoms with Crippen LogP contribution in [0.1, 0.15) is 17.5 Å². The zero-order valence-corrected chi connectivity index (χ0v) is 18.3. The number of anilines is 3. The maximum absolute atomic E-state index is 10.7. The molecule has 0 aliphatic carbocycles. The van der Waals surface area contributed by atoms with Crippen molar-refractivity contribution in [2.24, 2.45) is 0 Å². The summed E-state index contributed by atoms with van der Waals surface area (Å²) in [5, 5.41) is 17.5. The largest absolute Gasteiger partial charge is 0.378 e. The number of aromatic amines is 1. The molecule has 8 nitrogen and oxygen atoms in total. The Bertz CT molecular complexity index is 1280. The van der Waals surface area contributed by atoms with Gasteiger partial charge in [-0.2, -0.15) is 0 Å². The van der Waals surface area contributed by atoms with Crippen molar-refractivity contribution in [3.63, 3.8) is 0 Å². The molecule has 5 rings (SSSR count). The number of nitrogens with one attached hydrogen (secondary N) is 2. The molecule has 4 heterocycles. The molecule has 1 fully saturated rings. The van der Waals surface area contributed by atoms with E-state index in [9.17, 15) is 5.11 Å². The summed E-state index contributed by atoms with van der Waals surface area (Å²) in [7, 11) is 0. The predicted octanol–water partition coefficient (Wildman–Crippen LogP) is 3.25. The van der Waals surface area contributed by atoms with Gasteiger partial charge in [-0.25, -0.2) is 15.0 Å². The molecule has 0 spiro atoms. The minimum atomic E-state index is -1.31. The number of aromatic nitrogens is 4. The van der Waals surface area contributed by atoms with Crippen molar-refractivity contribution in [3.8, 4) is 11.8 Å². The number of ether oxygens (including phenoxy) is 1. The van der Waals surface area contributed by atoms with E-state index in [2.05, 4.69) is 42.0 Å². The Labute approximate surface area is 189 Å². The maximum Gasteiger partial charge on any atom is 0.174 e. The van der Waals surface area contributed by atoms with Gasteiger partial charge in [0, 0.05) is 36.4 Å². The standard InChI is InChI=1S/C23H22N6O2S/c1-23(30,22-25-8-13-32-22)6-4-16-2-3-19(29-9-11-31-12-10-29)18(14-16)28-21-17-5-7-24-20(17)26-15-27-21/h2-3,5,7-8,13-15,30H,9-12H2,1H3,(H2,24,26,27,28). The highest BCUT2D eigenvalue weighted by Gasteiger charge is 2.23. The summed E-state index contributed by atoms with van der Waals surface area (Å²) >= 11 is 1.38. The average Bonchev–Trinajstić information content (AvgIpc) is 3.52. The Morgan fingerprint density at radius 1 is 1.22 bits per heavy atom. The molecule has 0 bridgehead atoms. The molecular formula is C23H22N6O2S. The second-order valence-corrected chi connectivity index (χ2v) is 8.47. The summed E-state index contributed by atoms with van der Waals surface area (Å²) < 4.78 is 5.52. The lowest BCUT2D eigenvalue weighted by Gasteiger charge is -2.30. The second kappa shape index (κ2) is 8.59. The van der Waals surface area contributed by atoms with Gasteiger partial charge in [-0.15, -0.1) is 11.3 Å². The fourth-order valence-electron chi connectivity index (χ4n) is 3.60. The zero-order chi connectivity index (χ0) is 22.0. The number of hydrogen-bond acceptors (Lipinski definition) is 8. The summed E-state index contributed by atoms with van der Waals surface area (Å²) in [6.07, 6.45) is 5.04. The molecule has 1 atom stereocenters. The molecule has 1 saturated heterocycles. The van der Waals surface area contributed by atoms with Gasteiger partial charge in [0.25, 0.3) is 0 Å². The first-order valence-corrected chi connectivity index (χ1v) is 11.2. The quantitative estimate of drug-likeness (QED) is 0.414. The van der Waals surface area contributed by atoms with Crippen LogP contribution in [0.15, 0.2) is 48.4 Å². The number of rotatable bonds is 4. The van der Waals surface area contributed by atoms with Gasteiger partial charge in [0.15, 0.2) is 5.60 Å². The Morgan fingerprint density at radius 2 is 2.09 bits per heavy atom. The van der Waals surface area contributed by atoms with Crippen LogP contribution < -0.4 is 10.2 Å². The van der Waals surface area contributed by atoms with E-state index in [0.717, 1.165) is 41.1 Å². The molecule has 1 aliphatic heterocycles. The summed E-state index contributed by atoms with van der Waals surface area (Å²) in [6, 6.07) is 7.94. The molecule has 0 amide bonds. The van der Waals surface area contributed by atoms with Gasteiger partial charge in [-0.05, 0) is 31.2 Å².